The average Bonchev–Trinajstić information content (AvgIpc) is 2.65. The highest BCUT2D eigenvalue weighted by molar-refractivity contribution is 5.33. The third-order valence-electron chi connectivity index (χ3n) is 4.01. The molecule has 0 atom stereocenters. The first-order valence-electron chi connectivity index (χ1n) is 6.75. The topological polar surface area (TPSA) is 4.93 Å². The Hall–Kier alpha value is -1.50. The van der Waals surface area contributed by atoms with E-state index in [1.165, 1.54) is 47.2 Å². The molecule has 2 rings (SSSR count). The van der Waals surface area contributed by atoms with Crippen molar-refractivity contribution in [2.75, 3.05) is 0 Å². The molecule has 0 spiro atoms. The van der Waals surface area contributed by atoms with Gasteiger partial charge in [0.2, 0.25) is 0 Å². The number of aromatic nitrogens is 1. The maximum atomic E-state index is 2.25. The van der Waals surface area contributed by atoms with Gasteiger partial charge in [-0.3, -0.25) is 0 Å². The predicted octanol–water partition coefficient (Wildman–Crippen LogP) is 4.13. The molecule has 1 heterocycles. The molecular formula is C17H23N. The van der Waals surface area contributed by atoms with Crippen molar-refractivity contribution >= 4 is 0 Å². The fourth-order valence-corrected chi connectivity index (χ4v) is 2.62. The number of aryl methyl sites for hydroxylation is 4. The Labute approximate surface area is 110 Å². The number of benzene rings is 1. The highest BCUT2D eigenvalue weighted by atomic mass is 14.9. The molecule has 1 nitrogen and oxygen atoms in total. The summed E-state index contributed by atoms with van der Waals surface area (Å²) in [6.45, 7) is 6.64. The lowest BCUT2D eigenvalue weighted by Gasteiger charge is -2.09. The van der Waals surface area contributed by atoms with Gasteiger partial charge in [0.05, 0.1) is 0 Å². The van der Waals surface area contributed by atoms with Gasteiger partial charge in [-0.2, -0.15) is 0 Å². The zero-order chi connectivity index (χ0) is 13.1. The van der Waals surface area contributed by atoms with Crippen molar-refractivity contribution in [3.8, 4) is 0 Å². The van der Waals surface area contributed by atoms with Crippen LogP contribution in [0.1, 0.15) is 34.4 Å². The number of hydrogen-bond acceptors (Lipinski definition) is 0. The van der Waals surface area contributed by atoms with Crippen molar-refractivity contribution in [1.82, 2.24) is 4.57 Å². The molecule has 0 aliphatic rings. The molecule has 1 aromatic carbocycles. The molecule has 0 saturated carbocycles. The Kier molecular flexibility index (Phi) is 3.90. The van der Waals surface area contributed by atoms with Gasteiger partial charge in [-0.15, -0.1) is 0 Å². The Morgan fingerprint density at radius 2 is 1.61 bits per heavy atom. The second-order valence-electron chi connectivity index (χ2n) is 5.26. The molecule has 1 aromatic heterocycles. The maximum Gasteiger partial charge on any atom is 0.0172 e. The summed E-state index contributed by atoms with van der Waals surface area (Å²) in [7, 11) is 2.12. The van der Waals surface area contributed by atoms with E-state index in [4.69, 9.17) is 0 Å². The Balaban J connectivity index is 1.99. The summed E-state index contributed by atoms with van der Waals surface area (Å²) in [6, 6.07) is 8.84. The number of rotatable bonds is 4. The van der Waals surface area contributed by atoms with Crippen LogP contribution in [0, 0.1) is 20.8 Å². The molecular weight excluding hydrogens is 218 g/mol. The third kappa shape index (κ3) is 2.66. The van der Waals surface area contributed by atoms with Gasteiger partial charge in [0, 0.05) is 18.9 Å². The van der Waals surface area contributed by atoms with Crippen molar-refractivity contribution in [1.29, 1.82) is 0 Å². The van der Waals surface area contributed by atoms with Crippen LogP contribution >= 0.6 is 0 Å². The maximum absolute atomic E-state index is 2.25. The molecule has 0 aliphatic carbocycles. The molecule has 2 aromatic rings. The minimum absolute atomic E-state index is 1.18. The summed E-state index contributed by atoms with van der Waals surface area (Å²) in [5.41, 5.74) is 7.28. The van der Waals surface area contributed by atoms with E-state index in [-0.39, 0.29) is 0 Å². The fourth-order valence-electron chi connectivity index (χ4n) is 2.62. The zero-order valence-electron chi connectivity index (χ0n) is 12.0. The Morgan fingerprint density at radius 3 is 2.17 bits per heavy atom. The lowest BCUT2D eigenvalue weighted by Crippen LogP contribution is -1.97. The summed E-state index contributed by atoms with van der Waals surface area (Å²) in [6.07, 6.45) is 5.76. The average molecular weight is 241 g/mol. The van der Waals surface area contributed by atoms with Crippen LogP contribution in [0.25, 0.3) is 0 Å². The van der Waals surface area contributed by atoms with Gasteiger partial charge >= 0.3 is 0 Å². The van der Waals surface area contributed by atoms with Gasteiger partial charge in [0.1, 0.15) is 0 Å². The van der Waals surface area contributed by atoms with Crippen molar-refractivity contribution < 1.29 is 0 Å². The van der Waals surface area contributed by atoms with Crippen LogP contribution in [0.15, 0.2) is 30.5 Å². The van der Waals surface area contributed by atoms with Crippen LogP contribution < -0.4 is 0 Å². The molecule has 18 heavy (non-hydrogen) atoms. The first kappa shape index (κ1) is 12.9. The Bertz CT molecular complexity index is 514. The third-order valence-corrected chi connectivity index (χ3v) is 4.01. The van der Waals surface area contributed by atoms with E-state index < -0.39 is 0 Å². The highest BCUT2D eigenvalue weighted by Crippen LogP contribution is 2.18. The molecule has 0 fully saturated rings. The van der Waals surface area contributed by atoms with Crippen molar-refractivity contribution in [2.45, 2.75) is 40.0 Å². The van der Waals surface area contributed by atoms with Crippen molar-refractivity contribution in [2.24, 2.45) is 7.05 Å². The van der Waals surface area contributed by atoms with Gasteiger partial charge in [-0.05, 0) is 68.4 Å². The van der Waals surface area contributed by atoms with Crippen LogP contribution in [0.3, 0.4) is 0 Å². The molecule has 0 radical (unpaired) electrons. The fraction of sp³-hybridized carbons (Fsp3) is 0.412. The van der Waals surface area contributed by atoms with Crippen LogP contribution in [0.5, 0.6) is 0 Å². The quantitative estimate of drug-likeness (QED) is 0.758. The van der Waals surface area contributed by atoms with Gasteiger partial charge in [0.15, 0.2) is 0 Å². The molecule has 0 saturated heterocycles. The van der Waals surface area contributed by atoms with E-state index in [1.54, 1.807) is 0 Å². The Morgan fingerprint density at radius 1 is 0.944 bits per heavy atom. The predicted molar refractivity (Wildman–Crippen MR) is 78.1 cm³/mol. The van der Waals surface area contributed by atoms with E-state index in [0.29, 0.717) is 0 Å². The molecule has 0 unspecified atom stereocenters. The van der Waals surface area contributed by atoms with Crippen molar-refractivity contribution in [3.63, 3.8) is 0 Å². The van der Waals surface area contributed by atoms with E-state index in [2.05, 4.69) is 62.8 Å². The minimum atomic E-state index is 1.18. The highest BCUT2D eigenvalue weighted by Gasteiger charge is 2.05. The lowest BCUT2D eigenvalue weighted by molar-refractivity contribution is 0.794. The number of hydrogen-bond donors (Lipinski definition) is 0. The summed E-state index contributed by atoms with van der Waals surface area (Å²) >= 11 is 0. The molecule has 96 valence electrons. The smallest absolute Gasteiger partial charge is 0.0172 e. The standard InChI is InChI=1S/C17H23N/c1-13-7-5-8-14(2)17(13)10-6-9-16-11-12-18(4)15(16)3/h5,7-8,11-12H,6,9-10H2,1-4H3. The molecule has 1 heteroatoms. The van der Waals surface area contributed by atoms with Gasteiger partial charge in [-0.1, -0.05) is 18.2 Å². The van der Waals surface area contributed by atoms with Gasteiger partial charge < -0.3 is 4.57 Å². The normalized spacial score (nSPS) is 10.9. The molecule has 0 N–H and O–H groups in total. The van der Waals surface area contributed by atoms with Crippen LogP contribution in [-0.2, 0) is 19.9 Å². The second-order valence-corrected chi connectivity index (χ2v) is 5.26. The van der Waals surface area contributed by atoms with E-state index in [0.717, 1.165) is 0 Å². The molecule has 0 amide bonds. The number of nitrogens with zero attached hydrogens (tertiary/aromatic N) is 1. The van der Waals surface area contributed by atoms with Crippen LogP contribution in [-0.4, -0.2) is 4.57 Å². The summed E-state index contributed by atoms with van der Waals surface area (Å²) in [5, 5.41) is 0. The van der Waals surface area contributed by atoms with Gasteiger partial charge in [-0.25, -0.2) is 0 Å². The first-order valence-corrected chi connectivity index (χ1v) is 6.75. The van der Waals surface area contributed by atoms with E-state index in [9.17, 15) is 0 Å². The van der Waals surface area contributed by atoms with E-state index in [1.807, 2.05) is 0 Å². The van der Waals surface area contributed by atoms with E-state index >= 15 is 0 Å². The van der Waals surface area contributed by atoms with Crippen molar-refractivity contribution in [3.05, 3.63) is 58.4 Å². The minimum Gasteiger partial charge on any atom is -0.354 e. The summed E-state index contributed by atoms with van der Waals surface area (Å²) < 4.78 is 2.20. The summed E-state index contributed by atoms with van der Waals surface area (Å²) in [5.74, 6) is 0. The van der Waals surface area contributed by atoms with Crippen LogP contribution in [0.4, 0.5) is 0 Å². The second kappa shape index (κ2) is 5.43. The monoisotopic (exact) mass is 241 g/mol. The largest absolute Gasteiger partial charge is 0.354 e. The lowest BCUT2D eigenvalue weighted by atomic mass is 9.97. The zero-order valence-corrected chi connectivity index (χ0v) is 12.0. The van der Waals surface area contributed by atoms with Gasteiger partial charge in [0.25, 0.3) is 0 Å². The molecule has 0 aliphatic heterocycles. The van der Waals surface area contributed by atoms with Crippen LogP contribution in [0.2, 0.25) is 0 Å². The summed E-state index contributed by atoms with van der Waals surface area (Å²) in [4.78, 5) is 0. The first-order chi connectivity index (χ1) is 8.59. The SMILES string of the molecule is Cc1cccc(C)c1CCCc1ccn(C)c1C. The molecule has 0 bridgehead atoms.